The number of nitrogens with zero attached hydrogens (tertiary/aromatic N) is 2. The quantitative estimate of drug-likeness (QED) is 0.689. The highest BCUT2D eigenvalue weighted by Crippen LogP contribution is 2.19. The Labute approximate surface area is 97.5 Å². The van der Waals surface area contributed by atoms with Crippen LogP contribution in [0.2, 0.25) is 0 Å². The highest BCUT2D eigenvalue weighted by Gasteiger charge is 2.22. The second kappa shape index (κ2) is 5.75. The standard InChI is InChI=1S/C13H20N2O/c1-4-13(2,11-16)10-15(3)9-12-6-5-7-14-8-12/h5-8,11H,4,9-10H2,1-3H3. The number of carbonyl (C=O) groups excluding carboxylic acids is 1. The predicted octanol–water partition coefficient (Wildman–Crippen LogP) is 2.13. The second-order valence-electron chi connectivity index (χ2n) is 4.66. The van der Waals surface area contributed by atoms with Crippen molar-refractivity contribution < 1.29 is 4.79 Å². The minimum absolute atomic E-state index is 0.239. The highest BCUT2D eigenvalue weighted by molar-refractivity contribution is 5.58. The number of rotatable bonds is 6. The lowest BCUT2D eigenvalue weighted by Crippen LogP contribution is -2.33. The van der Waals surface area contributed by atoms with Gasteiger partial charge in [0.2, 0.25) is 0 Å². The van der Waals surface area contributed by atoms with Gasteiger partial charge in [-0.05, 0) is 25.1 Å². The first kappa shape index (κ1) is 12.8. The van der Waals surface area contributed by atoms with E-state index in [1.54, 1.807) is 6.20 Å². The van der Waals surface area contributed by atoms with Crippen LogP contribution >= 0.6 is 0 Å². The summed E-state index contributed by atoms with van der Waals surface area (Å²) in [5.74, 6) is 0. The summed E-state index contributed by atoms with van der Waals surface area (Å²) in [5.41, 5.74) is 0.936. The van der Waals surface area contributed by atoms with E-state index in [0.29, 0.717) is 0 Å². The molecular formula is C13H20N2O. The van der Waals surface area contributed by atoms with E-state index >= 15 is 0 Å². The van der Waals surface area contributed by atoms with E-state index in [1.165, 1.54) is 5.56 Å². The number of pyridine rings is 1. The van der Waals surface area contributed by atoms with E-state index in [2.05, 4.69) is 9.88 Å². The molecule has 0 spiro atoms. The van der Waals surface area contributed by atoms with E-state index in [0.717, 1.165) is 25.8 Å². The van der Waals surface area contributed by atoms with Gasteiger partial charge in [0.15, 0.2) is 0 Å². The maximum atomic E-state index is 11.0. The van der Waals surface area contributed by atoms with Crippen LogP contribution in [0.5, 0.6) is 0 Å². The first-order chi connectivity index (χ1) is 7.59. The van der Waals surface area contributed by atoms with E-state index < -0.39 is 0 Å². The molecule has 0 aliphatic carbocycles. The highest BCUT2D eigenvalue weighted by atomic mass is 16.1. The van der Waals surface area contributed by atoms with E-state index in [-0.39, 0.29) is 5.41 Å². The number of aromatic nitrogens is 1. The van der Waals surface area contributed by atoms with Crippen molar-refractivity contribution >= 4 is 6.29 Å². The van der Waals surface area contributed by atoms with Crippen molar-refractivity contribution in [1.29, 1.82) is 0 Å². The molecular weight excluding hydrogens is 200 g/mol. The van der Waals surface area contributed by atoms with Crippen molar-refractivity contribution in [1.82, 2.24) is 9.88 Å². The van der Waals surface area contributed by atoms with Gasteiger partial charge in [0, 0.05) is 30.9 Å². The Hall–Kier alpha value is -1.22. The molecule has 0 fully saturated rings. The third-order valence-corrected chi connectivity index (χ3v) is 2.90. The van der Waals surface area contributed by atoms with Gasteiger partial charge in [-0.2, -0.15) is 0 Å². The first-order valence-electron chi connectivity index (χ1n) is 5.63. The summed E-state index contributed by atoms with van der Waals surface area (Å²) in [4.78, 5) is 17.2. The van der Waals surface area contributed by atoms with Crippen LogP contribution in [0, 0.1) is 5.41 Å². The fraction of sp³-hybridized carbons (Fsp3) is 0.538. The molecule has 1 atom stereocenters. The second-order valence-corrected chi connectivity index (χ2v) is 4.66. The lowest BCUT2D eigenvalue weighted by Gasteiger charge is -2.27. The van der Waals surface area contributed by atoms with Gasteiger partial charge in [0.25, 0.3) is 0 Å². The van der Waals surface area contributed by atoms with Crippen LogP contribution in [0.15, 0.2) is 24.5 Å². The Morgan fingerprint density at radius 1 is 1.56 bits per heavy atom. The molecule has 0 aliphatic heterocycles. The molecule has 0 saturated heterocycles. The Kier molecular flexibility index (Phi) is 4.62. The molecule has 0 bridgehead atoms. The average Bonchev–Trinajstić information content (AvgIpc) is 2.30. The van der Waals surface area contributed by atoms with Crippen molar-refractivity contribution in [2.75, 3.05) is 13.6 Å². The molecule has 1 unspecified atom stereocenters. The number of hydrogen-bond donors (Lipinski definition) is 0. The van der Waals surface area contributed by atoms with Crippen molar-refractivity contribution in [3.05, 3.63) is 30.1 Å². The lowest BCUT2D eigenvalue weighted by atomic mass is 9.89. The molecule has 0 aromatic carbocycles. The third-order valence-electron chi connectivity index (χ3n) is 2.90. The normalized spacial score (nSPS) is 14.8. The average molecular weight is 220 g/mol. The van der Waals surface area contributed by atoms with Crippen LogP contribution in [0.4, 0.5) is 0 Å². The van der Waals surface area contributed by atoms with Crippen molar-refractivity contribution in [3.63, 3.8) is 0 Å². The summed E-state index contributed by atoms with van der Waals surface area (Å²) in [5, 5.41) is 0. The Morgan fingerprint density at radius 2 is 2.31 bits per heavy atom. The zero-order valence-electron chi connectivity index (χ0n) is 10.3. The Bertz CT molecular complexity index is 326. The number of carbonyl (C=O) groups is 1. The minimum atomic E-state index is -0.239. The van der Waals surface area contributed by atoms with E-state index in [4.69, 9.17) is 0 Å². The van der Waals surface area contributed by atoms with Gasteiger partial charge in [-0.1, -0.05) is 19.9 Å². The largest absolute Gasteiger partial charge is 0.303 e. The third kappa shape index (κ3) is 3.74. The van der Waals surface area contributed by atoms with Crippen LogP contribution in [0.1, 0.15) is 25.8 Å². The Morgan fingerprint density at radius 3 is 2.81 bits per heavy atom. The van der Waals surface area contributed by atoms with Crippen LogP contribution in [0.25, 0.3) is 0 Å². The molecule has 0 amide bonds. The molecule has 16 heavy (non-hydrogen) atoms. The van der Waals surface area contributed by atoms with Crippen LogP contribution in [-0.2, 0) is 11.3 Å². The van der Waals surface area contributed by atoms with Crippen molar-refractivity contribution in [2.45, 2.75) is 26.8 Å². The van der Waals surface area contributed by atoms with Crippen LogP contribution < -0.4 is 0 Å². The molecule has 0 saturated carbocycles. The molecule has 0 aliphatic rings. The summed E-state index contributed by atoms with van der Waals surface area (Å²) in [6.45, 7) is 5.66. The van der Waals surface area contributed by atoms with Gasteiger partial charge >= 0.3 is 0 Å². The minimum Gasteiger partial charge on any atom is -0.303 e. The molecule has 1 rings (SSSR count). The van der Waals surface area contributed by atoms with Gasteiger partial charge in [-0.3, -0.25) is 4.98 Å². The summed E-state index contributed by atoms with van der Waals surface area (Å²) in [7, 11) is 2.03. The molecule has 3 nitrogen and oxygen atoms in total. The van der Waals surface area contributed by atoms with Crippen molar-refractivity contribution in [2.24, 2.45) is 5.41 Å². The Balaban J connectivity index is 2.54. The molecule has 3 heteroatoms. The number of aldehydes is 1. The van der Waals surface area contributed by atoms with Gasteiger partial charge < -0.3 is 9.69 Å². The van der Waals surface area contributed by atoms with Gasteiger partial charge in [0.1, 0.15) is 6.29 Å². The molecule has 0 radical (unpaired) electrons. The molecule has 0 N–H and O–H groups in total. The summed E-state index contributed by atoms with van der Waals surface area (Å²) >= 11 is 0. The summed E-state index contributed by atoms with van der Waals surface area (Å²) in [6, 6.07) is 3.98. The van der Waals surface area contributed by atoms with Gasteiger partial charge in [-0.15, -0.1) is 0 Å². The summed E-state index contributed by atoms with van der Waals surface area (Å²) < 4.78 is 0. The van der Waals surface area contributed by atoms with E-state index in [9.17, 15) is 4.79 Å². The molecule has 1 aromatic rings. The maximum Gasteiger partial charge on any atom is 0.127 e. The first-order valence-corrected chi connectivity index (χ1v) is 5.63. The fourth-order valence-corrected chi connectivity index (χ4v) is 1.71. The predicted molar refractivity (Wildman–Crippen MR) is 65.0 cm³/mol. The molecule has 1 aromatic heterocycles. The fourth-order valence-electron chi connectivity index (χ4n) is 1.71. The summed E-state index contributed by atoms with van der Waals surface area (Å²) in [6.07, 6.45) is 5.56. The monoisotopic (exact) mass is 220 g/mol. The van der Waals surface area contributed by atoms with E-state index in [1.807, 2.05) is 39.2 Å². The zero-order valence-corrected chi connectivity index (χ0v) is 10.3. The SMILES string of the molecule is CCC(C)(C=O)CN(C)Cc1cccnc1. The smallest absolute Gasteiger partial charge is 0.127 e. The van der Waals surface area contributed by atoms with Gasteiger partial charge in [-0.25, -0.2) is 0 Å². The topological polar surface area (TPSA) is 33.2 Å². The van der Waals surface area contributed by atoms with Crippen LogP contribution in [-0.4, -0.2) is 29.8 Å². The maximum absolute atomic E-state index is 11.0. The molecule has 88 valence electrons. The zero-order chi connectivity index (χ0) is 12.0. The van der Waals surface area contributed by atoms with Gasteiger partial charge in [0.05, 0.1) is 0 Å². The number of hydrogen-bond acceptors (Lipinski definition) is 3. The van der Waals surface area contributed by atoms with Crippen molar-refractivity contribution in [3.8, 4) is 0 Å². The lowest BCUT2D eigenvalue weighted by molar-refractivity contribution is -0.116. The van der Waals surface area contributed by atoms with Crippen LogP contribution in [0.3, 0.4) is 0 Å². The molecule has 1 heterocycles.